The van der Waals surface area contributed by atoms with Crippen LogP contribution in [-0.2, 0) is 0 Å². The Balaban J connectivity index is 2.37. The standard InChI is InChI=1S/C16H18N2O2/c1-17(2)16-11-10-15(18(19)20)12-14(16)9-8-13-6-4-3-5-7-13/h6,10-12H,3-5,7H2,1-2H3. The Morgan fingerprint density at radius 3 is 2.65 bits per heavy atom. The van der Waals surface area contributed by atoms with Crippen molar-refractivity contribution in [1.82, 2.24) is 0 Å². The van der Waals surface area contributed by atoms with E-state index in [1.165, 1.54) is 18.9 Å². The summed E-state index contributed by atoms with van der Waals surface area (Å²) in [7, 11) is 3.82. The van der Waals surface area contributed by atoms with Crippen LogP contribution in [0.1, 0.15) is 31.2 Å². The van der Waals surface area contributed by atoms with E-state index in [1.54, 1.807) is 12.1 Å². The Hall–Kier alpha value is -2.28. The quantitative estimate of drug-likeness (QED) is 0.469. The molecule has 0 atom stereocenters. The third-order valence-electron chi connectivity index (χ3n) is 3.32. The number of nitro groups is 1. The monoisotopic (exact) mass is 270 g/mol. The summed E-state index contributed by atoms with van der Waals surface area (Å²) in [4.78, 5) is 12.4. The molecule has 4 heteroatoms. The topological polar surface area (TPSA) is 46.4 Å². The number of non-ortho nitro benzene ring substituents is 1. The van der Waals surface area contributed by atoms with Crippen LogP contribution in [0, 0.1) is 22.0 Å². The van der Waals surface area contributed by atoms with Gasteiger partial charge in [-0.15, -0.1) is 0 Å². The maximum absolute atomic E-state index is 10.9. The fourth-order valence-electron chi connectivity index (χ4n) is 2.23. The highest BCUT2D eigenvalue weighted by atomic mass is 16.6. The van der Waals surface area contributed by atoms with Gasteiger partial charge in [0.15, 0.2) is 0 Å². The van der Waals surface area contributed by atoms with Gasteiger partial charge in [0.25, 0.3) is 5.69 Å². The normalized spacial score (nSPS) is 14.0. The summed E-state index contributed by atoms with van der Waals surface area (Å²) in [5.74, 6) is 6.26. The van der Waals surface area contributed by atoms with E-state index in [1.807, 2.05) is 19.0 Å². The first-order chi connectivity index (χ1) is 9.58. The highest BCUT2D eigenvalue weighted by Crippen LogP contribution is 2.24. The van der Waals surface area contributed by atoms with Crippen LogP contribution in [0.25, 0.3) is 0 Å². The number of nitrogens with zero attached hydrogens (tertiary/aromatic N) is 2. The minimum Gasteiger partial charge on any atom is -0.377 e. The predicted molar refractivity (Wildman–Crippen MR) is 80.9 cm³/mol. The molecule has 0 aromatic heterocycles. The van der Waals surface area contributed by atoms with Crippen LogP contribution in [-0.4, -0.2) is 19.0 Å². The van der Waals surface area contributed by atoms with Crippen LogP contribution < -0.4 is 4.90 Å². The molecule has 2 rings (SSSR count). The molecule has 1 aromatic rings. The molecule has 0 heterocycles. The molecule has 0 aliphatic heterocycles. The number of rotatable bonds is 2. The van der Waals surface area contributed by atoms with Gasteiger partial charge in [-0.25, -0.2) is 0 Å². The van der Waals surface area contributed by atoms with Crippen molar-refractivity contribution in [2.45, 2.75) is 25.7 Å². The summed E-state index contributed by atoms with van der Waals surface area (Å²) in [5, 5.41) is 10.9. The van der Waals surface area contributed by atoms with E-state index in [-0.39, 0.29) is 10.6 Å². The first-order valence-electron chi connectivity index (χ1n) is 6.75. The zero-order valence-corrected chi connectivity index (χ0v) is 11.8. The van der Waals surface area contributed by atoms with E-state index < -0.39 is 0 Å². The molecule has 4 nitrogen and oxygen atoms in total. The molecule has 1 aliphatic carbocycles. The van der Waals surface area contributed by atoms with Crippen molar-refractivity contribution in [3.8, 4) is 11.8 Å². The lowest BCUT2D eigenvalue weighted by atomic mass is 9.99. The van der Waals surface area contributed by atoms with Crippen molar-refractivity contribution >= 4 is 11.4 Å². The summed E-state index contributed by atoms with van der Waals surface area (Å²) < 4.78 is 0. The lowest BCUT2D eigenvalue weighted by molar-refractivity contribution is -0.384. The van der Waals surface area contributed by atoms with Crippen LogP contribution >= 0.6 is 0 Å². The molecule has 0 bridgehead atoms. The lowest BCUT2D eigenvalue weighted by Gasteiger charge is -2.14. The molecule has 0 amide bonds. The molecular formula is C16H18N2O2. The van der Waals surface area contributed by atoms with Crippen LogP contribution in [0.3, 0.4) is 0 Å². The molecular weight excluding hydrogens is 252 g/mol. The molecule has 0 spiro atoms. The maximum atomic E-state index is 10.9. The van der Waals surface area contributed by atoms with Crippen molar-refractivity contribution in [3.63, 3.8) is 0 Å². The Bertz CT molecular complexity index is 607. The summed E-state index contributed by atoms with van der Waals surface area (Å²) in [6.45, 7) is 0. The zero-order valence-electron chi connectivity index (χ0n) is 11.8. The van der Waals surface area contributed by atoms with Gasteiger partial charge in [-0.2, -0.15) is 0 Å². The fourth-order valence-corrected chi connectivity index (χ4v) is 2.23. The Morgan fingerprint density at radius 2 is 2.05 bits per heavy atom. The van der Waals surface area contributed by atoms with Gasteiger partial charge in [0.2, 0.25) is 0 Å². The molecule has 0 fully saturated rings. The highest BCUT2D eigenvalue weighted by molar-refractivity contribution is 5.64. The number of nitro benzene ring substituents is 1. The molecule has 0 unspecified atom stereocenters. The summed E-state index contributed by atoms with van der Waals surface area (Å²) >= 11 is 0. The van der Waals surface area contributed by atoms with Gasteiger partial charge in [-0.3, -0.25) is 10.1 Å². The number of hydrogen-bond acceptors (Lipinski definition) is 3. The van der Waals surface area contributed by atoms with Gasteiger partial charge >= 0.3 is 0 Å². The predicted octanol–water partition coefficient (Wildman–Crippen LogP) is 3.51. The van der Waals surface area contributed by atoms with Gasteiger partial charge in [0.1, 0.15) is 0 Å². The van der Waals surface area contributed by atoms with Crippen LogP contribution in [0.2, 0.25) is 0 Å². The average Bonchev–Trinajstić information content (AvgIpc) is 2.45. The third-order valence-corrected chi connectivity index (χ3v) is 3.32. The van der Waals surface area contributed by atoms with Gasteiger partial charge in [0, 0.05) is 26.2 Å². The summed E-state index contributed by atoms with van der Waals surface area (Å²) in [6, 6.07) is 4.81. The molecule has 104 valence electrons. The first kappa shape index (κ1) is 14.1. The Labute approximate surface area is 119 Å². The van der Waals surface area contributed by atoms with E-state index in [0.29, 0.717) is 5.56 Å². The van der Waals surface area contributed by atoms with Crippen LogP contribution in [0.15, 0.2) is 29.8 Å². The van der Waals surface area contributed by atoms with Gasteiger partial charge < -0.3 is 4.90 Å². The second kappa shape index (κ2) is 6.25. The highest BCUT2D eigenvalue weighted by Gasteiger charge is 2.10. The van der Waals surface area contributed by atoms with Gasteiger partial charge in [-0.1, -0.05) is 17.9 Å². The molecule has 0 radical (unpaired) electrons. The average molecular weight is 270 g/mol. The largest absolute Gasteiger partial charge is 0.377 e. The fraction of sp³-hybridized carbons (Fsp3) is 0.375. The van der Waals surface area contributed by atoms with E-state index in [9.17, 15) is 10.1 Å². The van der Waals surface area contributed by atoms with Gasteiger partial charge in [0.05, 0.1) is 16.2 Å². The van der Waals surface area contributed by atoms with Crippen molar-refractivity contribution < 1.29 is 4.92 Å². The molecule has 0 saturated heterocycles. The van der Waals surface area contributed by atoms with Crippen molar-refractivity contribution in [1.29, 1.82) is 0 Å². The SMILES string of the molecule is CN(C)c1ccc([N+](=O)[O-])cc1C#CC1=CCCCC1. The maximum Gasteiger partial charge on any atom is 0.270 e. The van der Waals surface area contributed by atoms with Gasteiger partial charge in [-0.05, 0) is 37.3 Å². The zero-order chi connectivity index (χ0) is 14.5. The second-order valence-corrected chi connectivity index (χ2v) is 5.08. The minimum absolute atomic E-state index is 0.0810. The van der Waals surface area contributed by atoms with Crippen molar-refractivity contribution in [2.75, 3.05) is 19.0 Å². The Kier molecular flexibility index (Phi) is 4.41. The van der Waals surface area contributed by atoms with Crippen LogP contribution in [0.4, 0.5) is 11.4 Å². The molecule has 20 heavy (non-hydrogen) atoms. The summed E-state index contributed by atoms with van der Waals surface area (Å²) in [6.07, 6.45) is 6.67. The number of allylic oxidation sites excluding steroid dienone is 2. The second-order valence-electron chi connectivity index (χ2n) is 5.08. The smallest absolute Gasteiger partial charge is 0.270 e. The third kappa shape index (κ3) is 3.39. The summed E-state index contributed by atoms with van der Waals surface area (Å²) in [5.41, 5.74) is 2.83. The number of anilines is 1. The Morgan fingerprint density at radius 1 is 1.25 bits per heavy atom. The molecule has 0 saturated carbocycles. The van der Waals surface area contributed by atoms with E-state index in [2.05, 4.69) is 17.9 Å². The number of hydrogen-bond donors (Lipinski definition) is 0. The van der Waals surface area contributed by atoms with E-state index in [4.69, 9.17) is 0 Å². The van der Waals surface area contributed by atoms with Crippen molar-refractivity contribution in [2.24, 2.45) is 0 Å². The molecule has 0 N–H and O–H groups in total. The van der Waals surface area contributed by atoms with Crippen LogP contribution in [0.5, 0.6) is 0 Å². The lowest BCUT2D eigenvalue weighted by Crippen LogP contribution is -2.10. The first-order valence-corrected chi connectivity index (χ1v) is 6.75. The van der Waals surface area contributed by atoms with E-state index in [0.717, 1.165) is 24.1 Å². The minimum atomic E-state index is -0.384. The molecule has 1 aromatic carbocycles. The van der Waals surface area contributed by atoms with Crippen molar-refractivity contribution in [3.05, 3.63) is 45.5 Å². The van der Waals surface area contributed by atoms with E-state index >= 15 is 0 Å². The number of benzene rings is 1. The molecule has 1 aliphatic rings.